The molecule has 1 aromatic carbocycles. The number of rotatable bonds is 7. The average molecular weight is 407 g/mol. The summed E-state index contributed by atoms with van der Waals surface area (Å²) in [5, 5.41) is 0. The van der Waals surface area contributed by atoms with Crippen LogP contribution in [0.3, 0.4) is 0 Å². The Balaban J connectivity index is 0.00000280. The summed E-state index contributed by atoms with van der Waals surface area (Å²) in [7, 11) is 1.77. The van der Waals surface area contributed by atoms with Crippen LogP contribution >= 0.6 is 12.4 Å². The van der Waals surface area contributed by atoms with Crippen LogP contribution in [0.1, 0.15) is 64.9 Å². The van der Waals surface area contributed by atoms with Crippen LogP contribution in [-0.4, -0.2) is 44.7 Å². The second-order valence-electron chi connectivity index (χ2n) is 8.35. The first-order valence-electron chi connectivity index (χ1n) is 11.0. The molecule has 28 heavy (non-hydrogen) atoms. The lowest BCUT2D eigenvalue weighted by Crippen LogP contribution is -2.46. The lowest BCUT2D eigenvalue weighted by Gasteiger charge is -2.38. The van der Waals surface area contributed by atoms with Crippen LogP contribution in [0.5, 0.6) is 5.75 Å². The van der Waals surface area contributed by atoms with E-state index >= 15 is 0 Å². The van der Waals surface area contributed by atoms with Gasteiger partial charge in [0.05, 0.1) is 7.11 Å². The van der Waals surface area contributed by atoms with Crippen LogP contribution in [0.25, 0.3) is 5.57 Å². The number of nitrogens with zero attached hydrogens (tertiary/aromatic N) is 2. The van der Waals surface area contributed by atoms with Crippen molar-refractivity contribution in [2.24, 2.45) is 5.41 Å². The minimum Gasteiger partial charge on any atom is -0.497 e. The lowest BCUT2D eigenvalue weighted by molar-refractivity contribution is 0.238. The van der Waals surface area contributed by atoms with Gasteiger partial charge in [0.15, 0.2) is 0 Å². The number of methoxy groups -OCH3 is 1. The molecular formula is C24H39ClN2O. The van der Waals surface area contributed by atoms with Gasteiger partial charge in [-0.2, -0.15) is 0 Å². The molecule has 1 aromatic rings. The molecule has 0 aromatic heterocycles. The van der Waals surface area contributed by atoms with E-state index in [-0.39, 0.29) is 12.4 Å². The molecule has 2 aliphatic rings. The van der Waals surface area contributed by atoms with E-state index < -0.39 is 0 Å². The van der Waals surface area contributed by atoms with Gasteiger partial charge in [-0.15, -0.1) is 12.4 Å². The fraction of sp³-hybridized carbons (Fsp3) is 0.667. The normalized spacial score (nSPS) is 19.7. The molecule has 0 saturated carbocycles. The van der Waals surface area contributed by atoms with Crippen molar-refractivity contribution in [2.45, 2.75) is 59.3 Å². The van der Waals surface area contributed by atoms with Crippen molar-refractivity contribution in [3.63, 3.8) is 0 Å². The predicted octanol–water partition coefficient (Wildman–Crippen LogP) is 6.02. The molecule has 0 radical (unpaired) electrons. The number of allylic oxidation sites excluding steroid dienone is 2. The summed E-state index contributed by atoms with van der Waals surface area (Å²) < 4.78 is 5.56. The van der Waals surface area contributed by atoms with Crippen molar-refractivity contribution in [3.8, 4) is 5.75 Å². The minimum absolute atomic E-state index is 0. The van der Waals surface area contributed by atoms with Crippen molar-refractivity contribution in [1.82, 2.24) is 4.90 Å². The number of hydrogen-bond acceptors (Lipinski definition) is 3. The van der Waals surface area contributed by atoms with Crippen LogP contribution in [0, 0.1) is 5.41 Å². The zero-order chi connectivity index (χ0) is 19.3. The molecule has 0 amide bonds. The third-order valence-corrected chi connectivity index (χ3v) is 7.01. The molecule has 1 aliphatic carbocycles. The van der Waals surface area contributed by atoms with Gasteiger partial charge in [0.1, 0.15) is 5.75 Å². The van der Waals surface area contributed by atoms with Gasteiger partial charge in [-0.1, -0.05) is 39.7 Å². The number of anilines is 1. The van der Waals surface area contributed by atoms with E-state index in [0.717, 1.165) is 31.9 Å². The third kappa shape index (κ3) is 5.04. The first kappa shape index (κ1) is 23.1. The molecule has 158 valence electrons. The Morgan fingerprint density at radius 1 is 1.04 bits per heavy atom. The Bertz CT molecular complexity index is 646. The van der Waals surface area contributed by atoms with Crippen LogP contribution in [0.15, 0.2) is 24.3 Å². The molecule has 1 fully saturated rings. The van der Waals surface area contributed by atoms with Gasteiger partial charge in [0.2, 0.25) is 0 Å². The van der Waals surface area contributed by atoms with Gasteiger partial charge in [-0.05, 0) is 55.3 Å². The zero-order valence-corrected chi connectivity index (χ0v) is 19.1. The van der Waals surface area contributed by atoms with E-state index in [4.69, 9.17) is 4.74 Å². The highest BCUT2D eigenvalue weighted by Crippen LogP contribution is 2.45. The van der Waals surface area contributed by atoms with Crippen molar-refractivity contribution in [1.29, 1.82) is 0 Å². The Kier molecular flexibility index (Phi) is 8.70. The van der Waals surface area contributed by atoms with E-state index in [0.29, 0.717) is 5.41 Å². The Morgan fingerprint density at radius 2 is 1.75 bits per heavy atom. The van der Waals surface area contributed by atoms with Crippen LogP contribution in [-0.2, 0) is 0 Å². The van der Waals surface area contributed by atoms with Crippen LogP contribution in [0.2, 0.25) is 0 Å². The molecule has 0 bridgehead atoms. The second-order valence-corrected chi connectivity index (χ2v) is 8.35. The van der Waals surface area contributed by atoms with Gasteiger partial charge in [0, 0.05) is 43.5 Å². The van der Waals surface area contributed by atoms with Crippen molar-refractivity contribution in [3.05, 3.63) is 29.8 Å². The summed E-state index contributed by atoms with van der Waals surface area (Å²) in [5.74, 6) is 0.970. The van der Waals surface area contributed by atoms with Crippen molar-refractivity contribution < 1.29 is 4.74 Å². The molecule has 4 heteroatoms. The monoisotopic (exact) mass is 406 g/mol. The summed E-state index contributed by atoms with van der Waals surface area (Å²) >= 11 is 0. The molecular weight excluding hydrogens is 368 g/mol. The molecule has 3 nitrogen and oxygen atoms in total. The number of hydrogen-bond donors (Lipinski definition) is 0. The molecule has 0 unspecified atom stereocenters. The third-order valence-electron chi connectivity index (χ3n) is 7.01. The molecule has 3 rings (SSSR count). The Morgan fingerprint density at radius 3 is 2.29 bits per heavy atom. The zero-order valence-electron chi connectivity index (χ0n) is 18.3. The highest BCUT2D eigenvalue weighted by molar-refractivity contribution is 5.85. The molecule has 0 atom stereocenters. The number of halogens is 1. The van der Waals surface area contributed by atoms with Gasteiger partial charge in [-0.25, -0.2) is 0 Å². The van der Waals surface area contributed by atoms with Gasteiger partial charge >= 0.3 is 0 Å². The average Bonchev–Trinajstić information content (AvgIpc) is 2.74. The van der Waals surface area contributed by atoms with Gasteiger partial charge < -0.3 is 9.64 Å². The fourth-order valence-electron chi connectivity index (χ4n) is 4.78. The highest BCUT2D eigenvalue weighted by Gasteiger charge is 2.30. The van der Waals surface area contributed by atoms with Gasteiger partial charge in [-0.3, -0.25) is 4.90 Å². The fourth-order valence-corrected chi connectivity index (χ4v) is 4.78. The van der Waals surface area contributed by atoms with E-state index in [1.807, 2.05) is 0 Å². The maximum Gasteiger partial charge on any atom is 0.120 e. The van der Waals surface area contributed by atoms with E-state index in [1.54, 1.807) is 12.7 Å². The molecule has 1 saturated heterocycles. The quantitative estimate of drug-likeness (QED) is 0.550. The Hall–Kier alpha value is -1.19. The summed E-state index contributed by atoms with van der Waals surface area (Å²) in [6.45, 7) is 12.8. The predicted molar refractivity (Wildman–Crippen MR) is 124 cm³/mol. The van der Waals surface area contributed by atoms with Crippen molar-refractivity contribution >= 4 is 23.7 Å². The maximum atomic E-state index is 5.56. The highest BCUT2D eigenvalue weighted by atomic mass is 35.5. The van der Waals surface area contributed by atoms with Crippen LogP contribution in [0.4, 0.5) is 5.69 Å². The standard InChI is InChI=1S/C24H38N2O.ClH/c1-5-14-25-15-17-26(18-16-25)23-19-21(27-4)8-9-22(23)20-10-12-24(6-2,7-3)13-11-20;/h8-10,19H,5-7,11-18H2,1-4H3;1H. The number of piperazine rings is 1. The topological polar surface area (TPSA) is 15.7 Å². The Labute approximate surface area is 178 Å². The summed E-state index contributed by atoms with van der Waals surface area (Å²) in [4.78, 5) is 5.17. The van der Waals surface area contributed by atoms with E-state index in [1.165, 1.54) is 56.3 Å². The SMILES string of the molecule is CCCN1CCN(c2cc(OC)ccc2C2=CCC(CC)(CC)CC2)CC1.Cl. The molecule has 0 N–H and O–H groups in total. The molecule has 1 heterocycles. The number of benzene rings is 1. The van der Waals surface area contributed by atoms with Gasteiger partial charge in [0.25, 0.3) is 0 Å². The first-order chi connectivity index (χ1) is 13.1. The molecule has 1 aliphatic heterocycles. The van der Waals surface area contributed by atoms with E-state index in [9.17, 15) is 0 Å². The maximum absolute atomic E-state index is 5.56. The van der Waals surface area contributed by atoms with E-state index in [2.05, 4.69) is 54.8 Å². The summed E-state index contributed by atoms with van der Waals surface area (Å²) in [5.41, 5.74) is 4.88. The smallest absolute Gasteiger partial charge is 0.120 e. The number of ether oxygens (including phenoxy) is 1. The summed E-state index contributed by atoms with van der Waals surface area (Å²) in [6.07, 6.45) is 10.1. The first-order valence-corrected chi connectivity index (χ1v) is 11.0. The summed E-state index contributed by atoms with van der Waals surface area (Å²) in [6, 6.07) is 6.69. The van der Waals surface area contributed by atoms with Crippen LogP contribution < -0.4 is 9.64 Å². The minimum atomic E-state index is 0. The lowest BCUT2D eigenvalue weighted by atomic mass is 9.70. The largest absolute Gasteiger partial charge is 0.497 e. The molecule has 0 spiro atoms. The van der Waals surface area contributed by atoms with Crippen molar-refractivity contribution in [2.75, 3.05) is 44.7 Å². The second kappa shape index (κ2) is 10.5.